The van der Waals surface area contributed by atoms with Crippen LogP contribution in [0.25, 0.3) is 0 Å². The van der Waals surface area contributed by atoms with E-state index in [9.17, 15) is 26.4 Å². The number of amides is 1. The van der Waals surface area contributed by atoms with E-state index in [0.717, 1.165) is 0 Å². The van der Waals surface area contributed by atoms with E-state index in [1.165, 1.54) is 4.31 Å². The SMILES string of the molecule is O=C(NCC(F)(F)F)C1CN(S(=O)(=O)C2CC2)C1. The minimum atomic E-state index is -4.45. The van der Waals surface area contributed by atoms with Crippen LogP contribution in [0.5, 0.6) is 0 Å². The van der Waals surface area contributed by atoms with Crippen LogP contribution >= 0.6 is 0 Å². The molecular formula is C9H13F3N2O3S. The lowest BCUT2D eigenvalue weighted by Crippen LogP contribution is -2.57. The standard InChI is InChI=1S/C9H13F3N2O3S/c10-9(11,12)5-13-8(15)6-3-14(4-6)18(16,17)7-1-2-7/h6-7H,1-5H2,(H,13,15). The van der Waals surface area contributed by atoms with Gasteiger partial charge in [-0.2, -0.15) is 17.5 Å². The Morgan fingerprint density at radius 3 is 2.28 bits per heavy atom. The van der Waals surface area contributed by atoms with Gasteiger partial charge in [0.25, 0.3) is 0 Å². The highest BCUT2D eigenvalue weighted by Gasteiger charge is 2.47. The van der Waals surface area contributed by atoms with Crippen LogP contribution in [0.1, 0.15) is 12.8 Å². The van der Waals surface area contributed by atoms with Crippen molar-refractivity contribution in [3.05, 3.63) is 0 Å². The molecule has 2 rings (SSSR count). The predicted molar refractivity (Wildman–Crippen MR) is 56.1 cm³/mol. The lowest BCUT2D eigenvalue weighted by atomic mass is 10.0. The van der Waals surface area contributed by atoms with Crippen molar-refractivity contribution in [1.29, 1.82) is 0 Å². The Kier molecular flexibility index (Phi) is 3.30. The van der Waals surface area contributed by atoms with Gasteiger partial charge in [-0.05, 0) is 12.8 Å². The van der Waals surface area contributed by atoms with Gasteiger partial charge in [0.2, 0.25) is 15.9 Å². The second kappa shape index (κ2) is 4.37. The molecule has 1 aliphatic heterocycles. The zero-order valence-corrected chi connectivity index (χ0v) is 10.2. The molecule has 2 fully saturated rings. The van der Waals surface area contributed by atoms with Gasteiger partial charge in [-0.3, -0.25) is 4.79 Å². The topological polar surface area (TPSA) is 66.5 Å². The number of nitrogens with zero attached hydrogens (tertiary/aromatic N) is 1. The molecule has 0 aromatic heterocycles. The Balaban J connectivity index is 1.77. The van der Waals surface area contributed by atoms with Gasteiger partial charge in [-0.15, -0.1) is 0 Å². The van der Waals surface area contributed by atoms with E-state index in [-0.39, 0.29) is 18.3 Å². The largest absolute Gasteiger partial charge is 0.405 e. The van der Waals surface area contributed by atoms with Gasteiger partial charge in [0, 0.05) is 13.1 Å². The number of hydrogen-bond donors (Lipinski definition) is 1. The van der Waals surface area contributed by atoms with E-state index < -0.39 is 34.6 Å². The number of rotatable bonds is 4. The summed E-state index contributed by atoms with van der Waals surface area (Å²) in [6.07, 6.45) is -3.19. The molecule has 104 valence electrons. The molecule has 18 heavy (non-hydrogen) atoms. The van der Waals surface area contributed by atoms with Crippen LogP contribution < -0.4 is 5.32 Å². The average Bonchev–Trinajstić information content (AvgIpc) is 2.93. The normalized spacial score (nSPS) is 22.6. The molecule has 0 aromatic carbocycles. The van der Waals surface area contributed by atoms with Gasteiger partial charge in [0.1, 0.15) is 6.54 Å². The second-order valence-electron chi connectivity index (χ2n) is 4.59. The van der Waals surface area contributed by atoms with Gasteiger partial charge in [0.15, 0.2) is 0 Å². The molecule has 9 heteroatoms. The highest BCUT2D eigenvalue weighted by Crippen LogP contribution is 2.34. The first-order valence-corrected chi connectivity index (χ1v) is 7.04. The molecule has 1 saturated carbocycles. The summed E-state index contributed by atoms with van der Waals surface area (Å²) in [4.78, 5) is 11.3. The van der Waals surface area contributed by atoms with Crippen LogP contribution in [0.2, 0.25) is 0 Å². The van der Waals surface area contributed by atoms with Gasteiger partial charge in [-0.25, -0.2) is 8.42 Å². The number of carbonyl (C=O) groups excluding carboxylic acids is 1. The monoisotopic (exact) mass is 286 g/mol. The Bertz CT molecular complexity index is 438. The molecule has 0 bridgehead atoms. The molecule has 5 nitrogen and oxygen atoms in total. The first kappa shape index (κ1) is 13.6. The van der Waals surface area contributed by atoms with E-state index in [1.54, 1.807) is 5.32 Å². The summed E-state index contributed by atoms with van der Waals surface area (Å²) in [5.41, 5.74) is 0. The van der Waals surface area contributed by atoms with Crippen molar-refractivity contribution in [2.24, 2.45) is 5.92 Å². The van der Waals surface area contributed by atoms with E-state index in [4.69, 9.17) is 0 Å². The predicted octanol–water partition coefficient (Wildman–Crippen LogP) is 0.0889. The smallest absolute Gasteiger partial charge is 0.347 e. The molecule has 1 aliphatic carbocycles. The molecule has 1 saturated heterocycles. The Morgan fingerprint density at radius 2 is 1.83 bits per heavy atom. The molecule has 0 atom stereocenters. The van der Waals surface area contributed by atoms with Crippen molar-refractivity contribution < 1.29 is 26.4 Å². The van der Waals surface area contributed by atoms with Crippen molar-refractivity contribution in [2.45, 2.75) is 24.3 Å². The maximum absolute atomic E-state index is 11.9. The summed E-state index contributed by atoms with van der Waals surface area (Å²) in [6, 6.07) is 0. The quantitative estimate of drug-likeness (QED) is 0.796. The summed E-state index contributed by atoms with van der Waals surface area (Å²) < 4.78 is 60.1. The third-order valence-corrected chi connectivity index (χ3v) is 5.32. The molecular weight excluding hydrogens is 273 g/mol. The summed E-state index contributed by atoms with van der Waals surface area (Å²) in [5.74, 6) is -1.41. The number of sulfonamides is 1. The summed E-state index contributed by atoms with van der Waals surface area (Å²) in [5, 5.41) is 1.41. The Morgan fingerprint density at radius 1 is 1.28 bits per heavy atom. The van der Waals surface area contributed by atoms with Gasteiger partial charge >= 0.3 is 6.18 Å². The number of nitrogens with one attached hydrogen (secondary N) is 1. The number of alkyl halides is 3. The fraction of sp³-hybridized carbons (Fsp3) is 0.889. The maximum Gasteiger partial charge on any atom is 0.405 e. The van der Waals surface area contributed by atoms with Gasteiger partial charge < -0.3 is 5.32 Å². The summed E-state index contributed by atoms with van der Waals surface area (Å²) in [7, 11) is -3.31. The van der Waals surface area contributed by atoms with Gasteiger partial charge in [0.05, 0.1) is 11.2 Å². The van der Waals surface area contributed by atoms with Gasteiger partial charge in [-0.1, -0.05) is 0 Å². The van der Waals surface area contributed by atoms with Crippen LogP contribution in [0, 0.1) is 5.92 Å². The minimum absolute atomic E-state index is 0.0114. The summed E-state index contributed by atoms with van der Waals surface area (Å²) in [6.45, 7) is -1.40. The zero-order chi connectivity index (χ0) is 13.6. The number of hydrogen-bond acceptors (Lipinski definition) is 3. The average molecular weight is 286 g/mol. The third kappa shape index (κ3) is 2.94. The number of halogens is 3. The fourth-order valence-electron chi connectivity index (χ4n) is 1.72. The van der Waals surface area contributed by atoms with Crippen LogP contribution in [0.4, 0.5) is 13.2 Å². The first-order valence-electron chi connectivity index (χ1n) is 5.53. The Hall–Kier alpha value is -0.830. The lowest BCUT2D eigenvalue weighted by Gasteiger charge is -2.37. The van der Waals surface area contributed by atoms with Crippen LogP contribution in [0.3, 0.4) is 0 Å². The third-order valence-electron chi connectivity index (χ3n) is 2.99. The van der Waals surface area contributed by atoms with E-state index in [2.05, 4.69) is 0 Å². The second-order valence-corrected chi connectivity index (χ2v) is 6.80. The van der Waals surface area contributed by atoms with E-state index >= 15 is 0 Å². The maximum atomic E-state index is 11.9. The zero-order valence-electron chi connectivity index (χ0n) is 9.40. The highest BCUT2D eigenvalue weighted by atomic mass is 32.2. The van der Waals surface area contributed by atoms with Crippen LogP contribution in [-0.2, 0) is 14.8 Å². The molecule has 1 N–H and O–H groups in total. The van der Waals surface area contributed by atoms with Crippen molar-refractivity contribution >= 4 is 15.9 Å². The minimum Gasteiger partial charge on any atom is -0.347 e. The molecule has 0 unspecified atom stereocenters. The fourth-order valence-corrected chi connectivity index (χ4v) is 3.65. The molecule has 1 amide bonds. The molecule has 0 radical (unpaired) electrons. The lowest BCUT2D eigenvalue weighted by molar-refractivity contribution is -0.142. The van der Waals surface area contributed by atoms with E-state index in [1.807, 2.05) is 0 Å². The van der Waals surface area contributed by atoms with Crippen molar-refractivity contribution in [3.63, 3.8) is 0 Å². The molecule has 1 heterocycles. The van der Waals surface area contributed by atoms with Crippen molar-refractivity contribution in [3.8, 4) is 0 Å². The molecule has 2 aliphatic rings. The van der Waals surface area contributed by atoms with Crippen molar-refractivity contribution in [1.82, 2.24) is 9.62 Å². The van der Waals surface area contributed by atoms with Crippen LogP contribution in [-0.4, -0.2) is 49.7 Å². The van der Waals surface area contributed by atoms with Crippen LogP contribution in [0.15, 0.2) is 0 Å². The number of carbonyl (C=O) groups is 1. The highest BCUT2D eigenvalue weighted by molar-refractivity contribution is 7.90. The molecule has 0 aromatic rings. The first-order chi connectivity index (χ1) is 8.20. The van der Waals surface area contributed by atoms with E-state index in [0.29, 0.717) is 12.8 Å². The molecule has 0 spiro atoms. The van der Waals surface area contributed by atoms with Crippen molar-refractivity contribution in [2.75, 3.05) is 19.6 Å². The Labute approximate surface area is 102 Å². The summed E-state index contributed by atoms with van der Waals surface area (Å²) >= 11 is 0.